The summed E-state index contributed by atoms with van der Waals surface area (Å²) in [4.78, 5) is 18.5. The van der Waals surface area contributed by atoms with Crippen LogP contribution in [-0.4, -0.2) is 70.4 Å². The average Bonchev–Trinajstić information content (AvgIpc) is 3.37. The summed E-state index contributed by atoms with van der Waals surface area (Å²) in [5.41, 5.74) is 2.70. The number of piperidine rings is 1. The van der Waals surface area contributed by atoms with Crippen molar-refractivity contribution in [3.05, 3.63) is 52.0 Å². The fourth-order valence-electron chi connectivity index (χ4n) is 4.28. The first-order chi connectivity index (χ1) is 15.6. The largest absolute Gasteiger partial charge is 0.490 e. The number of thiazole rings is 1. The van der Waals surface area contributed by atoms with Gasteiger partial charge in [-0.15, -0.1) is 11.3 Å². The fourth-order valence-corrected chi connectivity index (χ4v) is 4.88. The van der Waals surface area contributed by atoms with Gasteiger partial charge in [-0.05, 0) is 38.8 Å². The Bertz CT molecular complexity index is 899. The molecule has 182 valence electrons. The van der Waals surface area contributed by atoms with E-state index in [1.54, 1.807) is 11.3 Å². The molecule has 3 heterocycles. The van der Waals surface area contributed by atoms with Crippen molar-refractivity contribution in [1.29, 1.82) is 0 Å². The van der Waals surface area contributed by atoms with Crippen LogP contribution >= 0.6 is 11.3 Å². The summed E-state index contributed by atoms with van der Waals surface area (Å²) in [6.45, 7) is 7.17. The zero-order valence-corrected chi connectivity index (χ0v) is 19.7. The predicted octanol–water partition coefficient (Wildman–Crippen LogP) is 4.34. The molecular weight excluding hydrogens is 455 g/mol. The van der Waals surface area contributed by atoms with Crippen LogP contribution in [0.2, 0.25) is 0 Å². The lowest BCUT2D eigenvalue weighted by Crippen LogP contribution is -2.44. The third kappa shape index (κ3) is 7.49. The number of aliphatic carboxylic acids is 1. The Morgan fingerprint density at radius 1 is 1.30 bits per heavy atom. The van der Waals surface area contributed by atoms with E-state index in [0.29, 0.717) is 6.04 Å². The molecule has 0 amide bonds. The Labute approximate surface area is 196 Å². The van der Waals surface area contributed by atoms with Gasteiger partial charge in [0.15, 0.2) is 0 Å². The van der Waals surface area contributed by atoms with Crippen LogP contribution in [0.1, 0.15) is 35.5 Å². The van der Waals surface area contributed by atoms with Crippen molar-refractivity contribution in [3.63, 3.8) is 0 Å². The number of rotatable bonds is 5. The van der Waals surface area contributed by atoms with Gasteiger partial charge in [-0.25, -0.2) is 9.78 Å². The van der Waals surface area contributed by atoms with Gasteiger partial charge in [0, 0.05) is 37.6 Å². The molecule has 33 heavy (non-hydrogen) atoms. The van der Waals surface area contributed by atoms with Gasteiger partial charge in [0.05, 0.1) is 22.9 Å². The molecule has 0 aliphatic carbocycles. The molecule has 2 aliphatic rings. The highest BCUT2D eigenvalue weighted by Crippen LogP contribution is 2.38. The second kappa shape index (κ2) is 10.9. The summed E-state index contributed by atoms with van der Waals surface area (Å²) >= 11 is 1.75. The molecule has 1 atom stereocenters. The van der Waals surface area contributed by atoms with Crippen molar-refractivity contribution in [2.45, 2.75) is 57.1 Å². The quantitative estimate of drug-likeness (QED) is 0.680. The van der Waals surface area contributed by atoms with Gasteiger partial charge in [0.25, 0.3) is 0 Å². The molecule has 10 heteroatoms. The molecule has 2 aromatic rings. The topological polar surface area (TPSA) is 65.9 Å². The van der Waals surface area contributed by atoms with Crippen LogP contribution in [0.25, 0.3) is 0 Å². The molecule has 2 aliphatic heterocycles. The molecule has 0 bridgehead atoms. The van der Waals surface area contributed by atoms with E-state index in [-0.39, 0.29) is 5.60 Å². The van der Waals surface area contributed by atoms with Crippen LogP contribution in [0.4, 0.5) is 13.2 Å². The van der Waals surface area contributed by atoms with Crippen LogP contribution in [-0.2, 0) is 22.6 Å². The Morgan fingerprint density at radius 2 is 1.94 bits per heavy atom. The number of aryl methyl sites for hydroxylation is 1. The van der Waals surface area contributed by atoms with Gasteiger partial charge in [0.2, 0.25) is 0 Å². The van der Waals surface area contributed by atoms with Crippen molar-refractivity contribution in [3.8, 4) is 0 Å². The molecule has 0 saturated carbocycles. The van der Waals surface area contributed by atoms with Crippen LogP contribution in [0.3, 0.4) is 0 Å². The first-order valence-corrected chi connectivity index (χ1v) is 11.8. The summed E-state index contributed by atoms with van der Waals surface area (Å²) in [5, 5.41) is 10.5. The molecule has 1 unspecified atom stereocenters. The zero-order valence-electron chi connectivity index (χ0n) is 18.8. The minimum atomic E-state index is -5.08. The van der Waals surface area contributed by atoms with Crippen LogP contribution in [0.15, 0.2) is 35.7 Å². The van der Waals surface area contributed by atoms with Crippen molar-refractivity contribution in [1.82, 2.24) is 14.8 Å². The number of likely N-dealkylation sites (tertiary alicyclic amines) is 1. The van der Waals surface area contributed by atoms with E-state index in [1.807, 2.05) is 0 Å². The summed E-state index contributed by atoms with van der Waals surface area (Å²) in [6.07, 6.45) is -1.63. The summed E-state index contributed by atoms with van der Waals surface area (Å²) < 4.78 is 38.1. The summed E-state index contributed by atoms with van der Waals surface area (Å²) in [5.74, 6) is -2.76. The number of carboxylic acid groups (broad SMARTS) is 1. The number of ether oxygens (including phenoxy) is 1. The molecule has 1 aromatic heterocycles. The smallest absolute Gasteiger partial charge is 0.475 e. The zero-order chi connectivity index (χ0) is 24.1. The highest BCUT2D eigenvalue weighted by molar-refractivity contribution is 7.09. The molecule has 2 saturated heterocycles. The van der Waals surface area contributed by atoms with Gasteiger partial charge in [0.1, 0.15) is 0 Å². The monoisotopic (exact) mass is 485 g/mol. The molecule has 1 spiro atoms. The maximum absolute atomic E-state index is 10.6. The maximum atomic E-state index is 10.6. The highest BCUT2D eigenvalue weighted by atomic mass is 32.1. The van der Waals surface area contributed by atoms with E-state index in [1.165, 1.54) is 17.7 Å². The lowest BCUT2D eigenvalue weighted by atomic mass is 9.87. The van der Waals surface area contributed by atoms with Crippen LogP contribution in [0.5, 0.6) is 0 Å². The van der Waals surface area contributed by atoms with Gasteiger partial charge in [-0.3, -0.25) is 9.80 Å². The molecule has 0 radical (unpaired) electrons. The van der Waals surface area contributed by atoms with E-state index >= 15 is 0 Å². The predicted molar refractivity (Wildman–Crippen MR) is 120 cm³/mol. The van der Waals surface area contributed by atoms with Gasteiger partial charge >= 0.3 is 12.1 Å². The number of likely N-dealkylation sites (N-methyl/N-ethyl adjacent to an activating group) is 1. The Kier molecular flexibility index (Phi) is 8.49. The molecular formula is C23H30F3N3O3S. The second-order valence-corrected chi connectivity index (χ2v) is 9.75. The number of carboxylic acids is 1. The van der Waals surface area contributed by atoms with Gasteiger partial charge < -0.3 is 9.84 Å². The first-order valence-electron chi connectivity index (χ1n) is 10.9. The SMILES string of the molecule is Cc1nc(CN2CCC3(CC2)CC(N(C)Cc2ccccc2)CO3)cs1.O=C(O)C(F)(F)F. The van der Waals surface area contributed by atoms with Crippen molar-refractivity contribution in [2.24, 2.45) is 0 Å². The Morgan fingerprint density at radius 3 is 2.48 bits per heavy atom. The average molecular weight is 486 g/mol. The van der Waals surface area contributed by atoms with Crippen molar-refractivity contribution >= 4 is 17.3 Å². The summed E-state index contributed by atoms with van der Waals surface area (Å²) in [7, 11) is 2.24. The summed E-state index contributed by atoms with van der Waals surface area (Å²) in [6, 6.07) is 11.3. The Balaban J connectivity index is 0.000000383. The normalized spacial score (nSPS) is 20.6. The minimum absolute atomic E-state index is 0.101. The third-order valence-electron chi connectivity index (χ3n) is 6.15. The van der Waals surface area contributed by atoms with Gasteiger partial charge in [-0.2, -0.15) is 13.2 Å². The third-order valence-corrected chi connectivity index (χ3v) is 6.97. The molecule has 6 nitrogen and oxygen atoms in total. The van der Waals surface area contributed by atoms with E-state index in [2.05, 4.69) is 64.5 Å². The number of hydrogen-bond acceptors (Lipinski definition) is 6. The van der Waals surface area contributed by atoms with E-state index in [9.17, 15) is 13.2 Å². The Hall–Kier alpha value is -2.01. The first kappa shape index (κ1) is 25.6. The number of alkyl halides is 3. The van der Waals surface area contributed by atoms with Crippen LogP contribution in [0, 0.1) is 6.92 Å². The van der Waals surface area contributed by atoms with E-state index < -0.39 is 12.1 Å². The highest BCUT2D eigenvalue weighted by Gasteiger charge is 2.43. The van der Waals surface area contributed by atoms with Gasteiger partial charge in [-0.1, -0.05) is 30.3 Å². The molecule has 1 N–H and O–H groups in total. The van der Waals surface area contributed by atoms with Crippen LogP contribution < -0.4 is 0 Å². The lowest BCUT2D eigenvalue weighted by molar-refractivity contribution is -0.192. The minimum Gasteiger partial charge on any atom is -0.475 e. The number of carbonyl (C=O) groups is 1. The number of hydrogen-bond donors (Lipinski definition) is 1. The molecule has 4 rings (SSSR count). The van der Waals surface area contributed by atoms with Crippen molar-refractivity contribution < 1.29 is 27.8 Å². The number of nitrogens with zero attached hydrogens (tertiary/aromatic N) is 3. The van der Waals surface area contributed by atoms with E-state index in [0.717, 1.165) is 50.6 Å². The van der Waals surface area contributed by atoms with Crippen molar-refractivity contribution in [2.75, 3.05) is 26.7 Å². The molecule has 2 fully saturated rings. The fraction of sp³-hybridized carbons (Fsp3) is 0.565. The standard InChI is InChI=1S/C21H29N3OS.C2HF3O2/c1-17-22-19(16-26-17)14-24-10-8-21(9-11-24)12-20(15-25-21)23(2)13-18-6-4-3-5-7-18;3-2(4,5)1(6)7/h3-7,16,20H,8-15H2,1-2H3;(H,6,7). The lowest BCUT2D eigenvalue weighted by Gasteiger charge is -2.38. The number of benzene rings is 1. The number of halogens is 3. The molecule has 1 aromatic carbocycles. The van der Waals surface area contributed by atoms with E-state index in [4.69, 9.17) is 14.6 Å². The second-order valence-electron chi connectivity index (χ2n) is 8.69. The number of aromatic nitrogens is 1. The maximum Gasteiger partial charge on any atom is 0.490 e.